The second-order valence-corrected chi connectivity index (χ2v) is 10.6. The number of piperidine rings is 1. The molecule has 3 rings (SSSR count). The van der Waals surface area contributed by atoms with E-state index in [0.29, 0.717) is 43.2 Å². The molecule has 1 amide bonds. The highest BCUT2D eigenvalue weighted by Gasteiger charge is 2.27. The molecule has 176 valence electrons. The molecule has 0 N–H and O–H groups in total. The van der Waals surface area contributed by atoms with Gasteiger partial charge in [-0.15, -0.1) is 0 Å². The lowest BCUT2D eigenvalue weighted by Crippen LogP contribution is -2.43. The van der Waals surface area contributed by atoms with Gasteiger partial charge in [0.1, 0.15) is 22.9 Å². The molecule has 0 atom stereocenters. The van der Waals surface area contributed by atoms with E-state index in [0.717, 1.165) is 6.26 Å². The van der Waals surface area contributed by atoms with Crippen molar-refractivity contribution < 1.29 is 31.9 Å². The molecule has 0 aliphatic carbocycles. The third-order valence-corrected chi connectivity index (χ3v) is 5.96. The number of likely N-dealkylation sites (tertiary alicyclic amines) is 1. The summed E-state index contributed by atoms with van der Waals surface area (Å²) in [6, 6.07) is 4.60. The number of nitrogens with zero attached hydrogens (tertiary/aromatic N) is 3. The second-order valence-electron chi connectivity index (χ2n) is 8.63. The lowest BCUT2D eigenvalue weighted by atomic mass is 10.1. The molecule has 0 unspecified atom stereocenters. The Balaban J connectivity index is 1.55. The van der Waals surface area contributed by atoms with Crippen molar-refractivity contribution in [3.63, 3.8) is 0 Å². The first kappa shape index (κ1) is 24.0. The number of sulfone groups is 1. The van der Waals surface area contributed by atoms with Gasteiger partial charge in [0, 0.05) is 24.9 Å². The molecule has 1 aromatic heterocycles. The van der Waals surface area contributed by atoms with Crippen LogP contribution in [0.3, 0.4) is 0 Å². The Morgan fingerprint density at radius 1 is 1.25 bits per heavy atom. The summed E-state index contributed by atoms with van der Waals surface area (Å²) in [5.41, 5.74) is 0.0461. The van der Waals surface area contributed by atoms with E-state index in [1.165, 1.54) is 13.2 Å². The highest BCUT2D eigenvalue weighted by molar-refractivity contribution is 7.90. The van der Waals surface area contributed by atoms with Crippen LogP contribution in [-0.4, -0.2) is 67.7 Å². The van der Waals surface area contributed by atoms with Crippen LogP contribution in [0.25, 0.3) is 11.4 Å². The fraction of sp³-hybridized carbons (Fsp3) is 0.571. The lowest BCUT2D eigenvalue weighted by molar-refractivity contribution is -0.0231. The number of aromatic nitrogens is 2. The van der Waals surface area contributed by atoms with Crippen molar-refractivity contribution in [1.29, 1.82) is 0 Å². The van der Waals surface area contributed by atoms with Crippen LogP contribution in [0, 0.1) is 0 Å². The molecule has 0 saturated carbocycles. The van der Waals surface area contributed by atoms with Gasteiger partial charge in [-0.2, -0.15) is 4.98 Å². The third kappa shape index (κ3) is 6.19. The summed E-state index contributed by atoms with van der Waals surface area (Å²) >= 11 is 0. The number of methoxy groups -OCH3 is 1. The molecule has 1 aliphatic heterocycles. The summed E-state index contributed by atoms with van der Waals surface area (Å²) < 4.78 is 45.4. The van der Waals surface area contributed by atoms with E-state index < -0.39 is 15.4 Å². The summed E-state index contributed by atoms with van der Waals surface area (Å²) in [5, 5.41) is 3.95. The summed E-state index contributed by atoms with van der Waals surface area (Å²) in [4.78, 5) is 18.2. The first-order chi connectivity index (χ1) is 15.0. The van der Waals surface area contributed by atoms with Gasteiger partial charge < -0.3 is 23.6 Å². The molecule has 11 heteroatoms. The fourth-order valence-corrected chi connectivity index (χ4v) is 4.09. The van der Waals surface area contributed by atoms with E-state index in [2.05, 4.69) is 10.1 Å². The predicted octanol–water partition coefficient (Wildman–Crippen LogP) is 3.06. The van der Waals surface area contributed by atoms with Gasteiger partial charge in [0.05, 0.1) is 13.2 Å². The molecule has 10 nitrogen and oxygen atoms in total. The zero-order valence-electron chi connectivity index (χ0n) is 19.0. The van der Waals surface area contributed by atoms with Crippen molar-refractivity contribution >= 4 is 15.9 Å². The molecule has 1 fully saturated rings. The van der Waals surface area contributed by atoms with Crippen LogP contribution >= 0.6 is 0 Å². The number of carbonyl (C=O) groups is 1. The fourth-order valence-electron chi connectivity index (χ4n) is 3.26. The first-order valence-corrected chi connectivity index (χ1v) is 12.2. The smallest absolute Gasteiger partial charge is 0.410 e. The van der Waals surface area contributed by atoms with Crippen LogP contribution in [0.2, 0.25) is 0 Å². The third-order valence-electron chi connectivity index (χ3n) is 4.83. The number of ether oxygens (including phenoxy) is 3. The molecule has 0 spiro atoms. The monoisotopic (exact) mass is 467 g/mol. The maximum atomic E-state index is 12.1. The largest absolute Gasteiger partial charge is 0.495 e. The minimum atomic E-state index is -3.42. The van der Waals surface area contributed by atoms with E-state index in [9.17, 15) is 13.2 Å². The summed E-state index contributed by atoms with van der Waals surface area (Å²) in [7, 11) is -2.02. The van der Waals surface area contributed by atoms with E-state index in [4.69, 9.17) is 18.7 Å². The van der Waals surface area contributed by atoms with Crippen molar-refractivity contribution in [3.05, 3.63) is 24.1 Å². The van der Waals surface area contributed by atoms with Crippen molar-refractivity contribution in [2.45, 2.75) is 56.8 Å². The Labute approximate surface area is 187 Å². The van der Waals surface area contributed by atoms with Gasteiger partial charge >= 0.3 is 6.09 Å². The number of hydrogen-bond acceptors (Lipinski definition) is 9. The van der Waals surface area contributed by atoms with Gasteiger partial charge in [-0.05, 0) is 51.8 Å². The van der Waals surface area contributed by atoms with Crippen LogP contribution in [-0.2, 0) is 25.9 Å². The Morgan fingerprint density at radius 2 is 1.94 bits per heavy atom. The number of amides is 1. The van der Waals surface area contributed by atoms with Crippen molar-refractivity contribution in [2.24, 2.45) is 0 Å². The number of hydrogen-bond donors (Lipinski definition) is 0. The van der Waals surface area contributed by atoms with E-state index in [1.807, 2.05) is 20.8 Å². The molecule has 2 heterocycles. The van der Waals surface area contributed by atoms with Gasteiger partial charge in [0.2, 0.25) is 5.82 Å². The van der Waals surface area contributed by atoms with Crippen LogP contribution in [0.15, 0.2) is 27.6 Å². The van der Waals surface area contributed by atoms with Gasteiger partial charge in [-0.1, -0.05) is 5.16 Å². The van der Waals surface area contributed by atoms with Gasteiger partial charge in [-0.25, -0.2) is 13.2 Å². The Morgan fingerprint density at radius 3 is 2.53 bits per heavy atom. The van der Waals surface area contributed by atoms with E-state index >= 15 is 0 Å². The summed E-state index contributed by atoms with van der Waals surface area (Å²) in [6.07, 6.45) is 2.15. The predicted molar refractivity (Wildman–Crippen MR) is 115 cm³/mol. The van der Waals surface area contributed by atoms with E-state index in [-0.39, 0.29) is 29.4 Å². The minimum Gasteiger partial charge on any atom is -0.495 e. The average Bonchev–Trinajstić information content (AvgIpc) is 3.19. The molecule has 0 radical (unpaired) electrons. The van der Waals surface area contributed by atoms with Crippen molar-refractivity contribution in [3.8, 4) is 17.1 Å². The standard InChI is InChI=1S/C21H29N3O7S/c1-21(2,3)30-20(25)24-10-8-15(9-11-24)29-13-18-22-19(23-31-18)14-6-7-17(32(5,26)27)16(12-14)28-4/h6-7,12,15H,8-11,13H2,1-5H3. The maximum absolute atomic E-state index is 12.1. The lowest BCUT2D eigenvalue weighted by Gasteiger charge is -2.33. The first-order valence-electron chi connectivity index (χ1n) is 10.3. The van der Waals surface area contributed by atoms with Gasteiger partial charge in [0.25, 0.3) is 5.89 Å². The highest BCUT2D eigenvalue weighted by atomic mass is 32.2. The van der Waals surface area contributed by atoms with Crippen LogP contribution in [0.5, 0.6) is 5.75 Å². The molecule has 1 saturated heterocycles. The van der Waals surface area contributed by atoms with Crippen molar-refractivity contribution in [2.75, 3.05) is 26.5 Å². The Hall–Kier alpha value is -2.66. The van der Waals surface area contributed by atoms with E-state index in [1.54, 1.807) is 17.0 Å². The molecule has 1 aliphatic rings. The minimum absolute atomic E-state index is 0.0295. The topological polar surface area (TPSA) is 121 Å². The highest BCUT2D eigenvalue weighted by Crippen LogP contribution is 2.29. The summed E-state index contributed by atoms with van der Waals surface area (Å²) in [5.74, 6) is 0.826. The molecular weight excluding hydrogens is 438 g/mol. The Kier molecular flexibility index (Phi) is 7.09. The molecule has 32 heavy (non-hydrogen) atoms. The quantitative estimate of drug-likeness (QED) is 0.631. The SMILES string of the molecule is COc1cc(-c2noc(COC3CCN(C(=O)OC(C)(C)C)CC3)n2)ccc1S(C)(=O)=O. The molecular formula is C21H29N3O7S. The summed E-state index contributed by atoms with van der Waals surface area (Å²) in [6.45, 7) is 6.78. The number of rotatable bonds is 6. The normalized spacial score (nSPS) is 15.6. The zero-order chi connectivity index (χ0) is 23.5. The number of carbonyl (C=O) groups excluding carboxylic acids is 1. The second kappa shape index (κ2) is 9.45. The molecule has 0 bridgehead atoms. The van der Waals surface area contributed by atoms with Crippen LogP contribution in [0.4, 0.5) is 4.79 Å². The maximum Gasteiger partial charge on any atom is 0.410 e. The van der Waals surface area contributed by atoms with Crippen LogP contribution in [0.1, 0.15) is 39.5 Å². The average molecular weight is 468 g/mol. The van der Waals surface area contributed by atoms with Crippen molar-refractivity contribution in [1.82, 2.24) is 15.0 Å². The molecule has 2 aromatic rings. The van der Waals surface area contributed by atoms with Gasteiger partial charge in [-0.3, -0.25) is 0 Å². The van der Waals surface area contributed by atoms with Gasteiger partial charge in [0.15, 0.2) is 9.84 Å². The number of benzene rings is 1. The molecule has 1 aromatic carbocycles. The Bertz CT molecular complexity index is 1050. The van der Waals surface area contributed by atoms with Crippen LogP contribution < -0.4 is 4.74 Å². The zero-order valence-corrected chi connectivity index (χ0v) is 19.8.